The van der Waals surface area contributed by atoms with E-state index in [2.05, 4.69) is 86.8 Å². The molecule has 0 radical (unpaired) electrons. The number of unbranched alkanes of at least 4 members (excludes halogenated alkanes) is 16. The first-order valence-electron chi connectivity index (χ1n) is 23.7. The Balaban J connectivity index is 4.21. The van der Waals surface area contributed by atoms with Gasteiger partial charge in [-0.2, -0.15) is 0 Å². The Kier molecular flexibility index (Phi) is 40.0. The molecule has 0 rings (SSSR count). The summed E-state index contributed by atoms with van der Waals surface area (Å²) < 4.78 is 34.3. The zero-order valence-corrected chi connectivity index (χ0v) is 39.8. The van der Waals surface area contributed by atoms with Crippen LogP contribution in [0, 0.1) is 0 Å². The van der Waals surface area contributed by atoms with E-state index in [1.807, 2.05) is 21.1 Å². The van der Waals surface area contributed by atoms with Crippen molar-refractivity contribution in [3.63, 3.8) is 0 Å². The molecule has 0 aliphatic carbocycles. The van der Waals surface area contributed by atoms with Crippen molar-refractivity contribution in [3.8, 4) is 0 Å². The molecule has 0 saturated heterocycles. The van der Waals surface area contributed by atoms with Crippen molar-refractivity contribution >= 4 is 19.8 Å². The molecule has 0 aromatic carbocycles. The van der Waals surface area contributed by atoms with Gasteiger partial charge in [-0.05, 0) is 64.2 Å². The molecule has 9 nitrogen and oxygen atoms in total. The molecule has 0 aliphatic heterocycles. The Morgan fingerprint density at radius 2 is 0.950 bits per heavy atom. The van der Waals surface area contributed by atoms with Crippen LogP contribution in [0.5, 0.6) is 0 Å². The van der Waals surface area contributed by atoms with Crippen LogP contribution in [-0.4, -0.2) is 74.9 Å². The van der Waals surface area contributed by atoms with Crippen LogP contribution in [0.1, 0.15) is 181 Å². The number of carbonyl (C=O) groups excluding carboxylic acids is 2. The minimum absolute atomic E-state index is 0.0276. The third-order valence-corrected chi connectivity index (χ3v) is 10.7. The smallest absolute Gasteiger partial charge is 0.462 e. The lowest BCUT2D eigenvalue weighted by atomic mass is 10.1. The minimum Gasteiger partial charge on any atom is -0.462 e. The number of rotatable bonds is 42. The lowest BCUT2D eigenvalue weighted by molar-refractivity contribution is -0.870. The summed E-state index contributed by atoms with van der Waals surface area (Å²) in [5.41, 5.74) is 0. The van der Waals surface area contributed by atoms with Gasteiger partial charge < -0.3 is 18.9 Å². The summed E-state index contributed by atoms with van der Waals surface area (Å²) in [7, 11) is 1.46. The van der Waals surface area contributed by atoms with Crippen molar-refractivity contribution in [1.29, 1.82) is 0 Å². The van der Waals surface area contributed by atoms with Gasteiger partial charge in [0, 0.05) is 12.8 Å². The molecular formula is C50H89NO8P+. The predicted octanol–water partition coefficient (Wildman–Crippen LogP) is 13.8. The molecule has 0 aliphatic rings. The number of hydrogen-bond donors (Lipinski definition) is 1. The fourth-order valence-corrected chi connectivity index (χ4v) is 6.82. The molecular weight excluding hydrogens is 774 g/mol. The van der Waals surface area contributed by atoms with E-state index >= 15 is 0 Å². The van der Waals surface area contributed by atoms with Crippen LogP contribution >= 0.6 is 7.82 Å². The van der Waals surface area contributed by atoms with Gasteiger partial charge in [-0.1, -0.05) is 177 Å². The second-order valence-corrected chi connectivity index (χ2v) is 18.2. The monoisotopic (exact) mass is 863 g/mol. The number of ether oxygens (including phenoxy) is 2. The molecule has 0 aromatic heterocycles. The van der Waals surface area contributed by atoms with Crippen LogP contribution < -0.4 is 0 Å². The third kappa shape index (κ3) is 45.0. The summed E-state index contributed by atoms with van der Waals surface area (Å²) in [6.07, 6.45) is 52.5. The Labute approximate surface area is 368 Å². The Hall–Kier alpha value is -2.55. The van der Waals surface area contributed by atoms with Crippen LogP contribution in [0.2, 0.25) is 0 Å². The van der Waals surface area contributed by atoms with Gasteiger partial charge in [0.05, 0.1) is 27.7 Å². The molecule has 2 unspecified atom stereocenters. The van der Waals surface area contributed by atoms with Crippen LogP contribution in [0.4, 0.5) is 0 Å². The number of phosphoric ester groups is 1. The van der Waals surface area contributed by atoms with Crippen LogP contribution in [0.25, 0.3) is 0 Å². The van der Waals surface area contributed by atoms with Gasteiger partial charge in [0.15, 0.2) is 6.10 Å². The van der Waals surface area contributed by atoms with E-state index in [9.17, 15) is 19.0 Å². The second-order valence-electron chi connectivity index (χ2n) is 16.8. The van der Waals surface area contributed by atoms with Crippen LogP contribution in [0.15, 0.2) is 72.9 Å². The normalized spacial score (nSPS) is 14.2. The van der Waals surface area contributed by atoms with Gasteiger partial charge >= 0.3 is 19.8 Å². The molecule has 0 spiro atoms. The highest BCUT2D eigenvalue weighted by Crippen LogP contribution is 2.43. The standard InChI is InChI=1S/C50H88NO8P/c1-6-8-10-12-14-16-17-18-19-20-21-22-23-24-25-26-27-28-29-30-31-32-33-35-37-39-41-43-50(53)59-48(47-58-60(54,55)57-45-44-51(3,4)5)46-56-49(52)42-40-38-36-34-15-13-11-9-7-2/h8,10,14,16,18-19,21-22,24-25,27-28,48H,6-7,9,11-13,15,17,20,23,26,29-47H2,1-5H3/p+1/b10-8-,16-14-,19-18-,22-21-,25-24-,28-27-. The highest BCUT2D eigenvalue weighted by Gasteiger charge is 2.27. The maximum absolute atomic E-state index is 12.7. The van der Waals surface area contributed by atoms with Crippen molar-refractivity contribution in [2.75, 3.05) is 47.5 Å². The maximum Gasteiger partial charge on any atom is 0.472 e. The van der Waals surface area contributed by atoms with Crippen molar-refractivity contribution in [1.82, 2.24) is 0 Å². The highest BCUT2D eigenvalue weighted by atomic mass is 31.2. The summed E-state index contributed by atoms with van der Waals surface area (Å²) in [5.74, 6) is -0.814. The van der Waals surface area contributed by atoms with Crippen LogP contribution in [-0.2, 0) is 32.7 Å². The van der Waals surface area contributed by atoms with Gasteiger partial charge in [-0.3, -0.25) is 18.6 Å². The Bertz CT molecular complexity index is 1250. The van der Waals surface area contributed by atoms with Crippen molar-refractivity contribution in [2.24, 2.45) is 0 Å². The number of phosphoric acid groups is 1. The molecule has 1 N–H and O–H groups in total. The van der Waals surface area contributed by atoms with E-state index in [4.69, 9.17) is 18.5 Å². The number of carbonyl (C=O) groups is 2. The minimum atomic E-state index is -4.38. The Morgan fingerprint density at radius 3 is 1.42 bits per heavy atom. The highest BCUT2D eigenvalue weighted by molar-refractivity contribution is 7.47. The third-order valence-electron chi connectivity index (χ3n) is 9.75. The summed E-state index contributed by atoms with van der Waals surface area (Å²) >= 11 is 0. The van der Waals surface area contributed by atoms with Gasteiger partial charge in [0.1, 0.15) is 19.8 Å². The first-order chi connectivity index (χ1) is 29.0. The molecule has 2 atom stereocenters. The van der Waals surface area contributed by atoms with Gasteiger partial charge in [0.2, 0.25) is 0 Å². The zero-order valence-electron chi connectivity index (χ0n) is 38.9. The summed E-state index contributed by atoms with van der Waals surface area (Å²) in [6, 6.07) is 0. The average Bonchev–Trinajstić information content (AvgIpc) is 3.20. The van der Waals surface area contributed by atoms with Gasteiger partial charge in [-0.25, -0.2) is 4.57 Å². The molecule has 0 bridgehead atoms. The number of hydrogen-bond acceptors (Lipinski definition) is 7. The maximum atomic E-state index is 12.7. The molecule has 0 saturated carbocycles. The van der Waals surface area contributed by atoms with E-state index < -0.39 is 26.5 Å². The lowest BCUT2D eigenvalue weighted by Crippen LogP contribution is -2.37. The van der Waals surface area contributed by atoms with E-state index in [-0.39, 0.29) is 32.0 Å². The summed E-state index contributed by atoms with van der Waals surface area (Å²) in [4.78, 5) is 35.3. The fraction of sp³-hybridized carbons (Fsp3) is 0.720. The summed E-state index contributed by atoms with van der Waals surface area (Å²) in [6.45, 7) is 4.26. The van der Waals surface area contributed by atoms with E-state index in [1.165, 1.54) is 64.2 Å². The van der Waals surface area contributed by atoms with Crippen molar-refractivity contribution < 1.29 is 42.1 Å². The molecule has 0 heterocycles. The molecule has 10 heteroatoms. The lowest BCUT2D eigenvalue weighted by Gasteiger charge is -2.24. The number of esters is 2. The second kappa shape index (κ2) is 41.8. The number of quaternary nitrogens is 1. The SMILES string of the molecule is CC/C=C\C/C=C\C/C=C\C/C=C\C/C=C\C/C=C\CCCCCCCCCCC(=O)OC(COC(=O)CCCCCCCCCCC)COP(=O)(O)OCC[N+](C)(C)C. The fourth-order valence-electron chi connectivity index (χ4n) is 6.08. The topological polar surface area (TPSA) is 108 Å². The molecule has 60 heavy (non-hydrogen) atoms. The predicted molar refractivity (Wildman–Crippen MR) is 252 cm³/mol. The summed E-state index contributed by atoms with van der Waals surface area (Å²) in [5, 5.41) is 0. The average molecular weight is 863 g/mol. The first-order valence-corrected chi connectivity index (χ1v) is 25.2. The van der Waals surface area contributed by atoms with E-state index in [0.717, 1.165) is 83.5 Å². The van der Waals surface area contributed by atoms with E-state index in [0.29, 0.717) is 17.4 Å². The van der Waals surface area contributed by atoms with Gasteiger partial charge in [0.25, 0.3) is 0 Å². The van der Waals surface area contributed by atoms with E-state index in [1.54, 1.807) is 0 Å². The zero-order chi connectivity index (χ0) is 44.3. The molecule has 0 amide bonds. The van der Waals surface area contributed by atoms with Gasteiger partial charge in [-0.15, -0.1) is 0 Å². The first kappa shape index (κ1) is 57.4. The molecule has 0 fully saturated rings. The Morgan fingerprint density at radius 1 is 0.533 bits per heavy atom. The largest absolute Gasteiger partial charge is 0.472 e. The quantitative estimate of drug-likeness (QED) is 0.0212. The number of nitrogens with zero attached hydrogens (tertiary/aromatic N) is 1. The molecule has 346 valence electrons. The number of likely N-dealkylation sites (N-methyl/N-ethyl adjacent to an activating group) is 1. The van der Waals surface area contributed by atoms with Crippen LogP contribution in [0.3, 0.4) is 0 Å². The van der Waals surface area contributed by atoms with Crippen molar-refractivity contribution in [2.45, 2.75) is 187 Å². The molecule has 0 aromatic rings. The number of allylic oxidation sites excluding steroid dienone is 12. The van der Waals surface area contributed by atoms with Crippen molar-refractivity contribution in [3.05, 3.63) is 72.9 Å².